The van der Waals surface area contributed by atoms with Gasteiger partial charge in [0.2, 0.25) is 0 Å². The summed E-state index contributed by atoms with van der Waals surface area (Å²) in [5, 5.41) is 0. The first-order chi connectivity index (χ1) is 10.1. The molecule has 0 saturated carbocycles. The molecule has 0 fully saturated rings. The molecule has 0 N–H and O–H groups in total. The van der Waals surface area contributed by atoms with Crippen molar-refractivity contribution >= 4 is 21.9 Å². The number of halogens is 1. The van der Waals surface area contributed by atoms with Gasteiger partial charge in [-0.05, 0) is 43.8 Å². The van der Waals surface area contributed by atoms with E-state index >= 15 is 0 Å². The lowest BCUT2D eigenvalue weighted by atomic mass is 10.0. The molecule has 0 aliphatic carbocycles. The molecule has 118 valence electrons. The second-order valence-corrected chi connectivity index (χ2v) is 5.49. The molecule has 0 heterocycles. The highest BCUT2D eigenvalue weighted by Crippen LogP contribution is 2.33. The van der Waals surface area contributed by atoms with Gasteiger partial charge in [-0.2, -0.15) is 0 Å². The molecule has 0 bridgehead atoms. The van der Waals surface area contributed by atoms with Crippen molar-refractivity contribution in [3.63, 3.8) is 0 Å². The number of carbonyl (C=O) groups is 1. The van der Waals surface area contributed by atoms with Gasteiger partial charge in [-0.3, -0.25) is 9.69 Å². The Bertz CT molecular complexity index is 461. The Morgan fingerprint density at radius 2 is 1.95 bits per heavy atom. The molecule has 0 aliphatic heterocycles. The smallest absolute Gasteiger partial charge is 0.307 e. The van der Waals surface area contributed by atoms with Crippen LogP contribution in [-0.4, -0.2) is 37.7 Å². The van der Waals surface area contributed by atoms with Gasteiger partial charge in [-0.1, -0.05) is 29.8 Å². The van der Waals surface area contributed by atoms with Gasteiger partial charge in [0.1, 0.15) is 5.75 Å². The first kappa shape index (κ1) is 18.0. The number of benzene rings is 1. The van der Waals surface area contributed by atoms with Gasteiger partial charge >= 0.3 is 5.97 Å². The molecular weight excluding hydrogens is 334 g/mol. The minimum atomic E-state index is -0.177. The summed E-state index contributed by atoms with van der Waals surface area (Å²) >= 11 is 3.58. The second kappa shape index (κ2) is 9.05. The van der Waals surface area contributed by atoms with Gasteiger partial charge in [-0.25, -0.2) is 0 Å². The van der Waals surface area contributed by atoms with Crippen LogP contribution in [0.2, 0.25) is 0 Å². The fourth-order valence-electron chi connectivity index (χ4n) is 2.38. The van der Waals surface area contributed by atoms with Gasteiger partial charge in [0, 0.05) is 10.5 Å². The van der Waals surface area contributed by atoms with Crippen LogP contribution in [-0.2, 0) is 9.53 Å². The van der Waals surface area contributed by atoms with Crippen LogP contribution in [0.15, 0.2) is 22.7 Å². The second-order valence-electron chi connectivity index (χ2n) is 4.63. The van der Waals surface area contributed by atoms with Crippen molar-refractivity contribution in [3.8, 4) is 5.75 Å². The molecule has 4 nitrogen and oxygen atoms in total. The molecule has 0 spiro atoms. The van der Waals surface area contributed by atoms with Crippen LogP contribution >= 0.6 is 15.9 Å². The molecule has 1 aromatic rings. The third-order valence-corrected chi connectivity index (χ3v) is 4.20. The van der Waals surface area contributed by atoms with Gasteiger partial charge in [0.25, 0.3) is 0 Å². The normalized spacial score (nSPS) is 12.3. The lowest BCUT2D eigenvalue weighted by Gasteiger charge is -2.30. The summed E-state index contributed by atoms with van der Waals surface area (Å²) in [6.07, 6.45) is 0.335. The summed E-state index contributed by atoms with van der Waals surface area (Å²) in [5.74, 6) is 0.610. The molecule has 0 radical (unpaired) electrons. The number of esters is 1. The fourth-order valence-corrected chi connectivity index (χ4v) is 2.89. The molecule has 5 heteroatoms. The van der Waals surface area contributed by atoms with Crippen molar-refractivity contribution < 1.29 is 14.3 Å². The summed E-state index contributed by atoms with van der Waals surface area (Å²) in [6.45, 7) is 8.15. The minimum Gasteiger partial charge on any atom is -0.497 e. The monoisotopic (exact) mass is 357 g/mol. The van der Waals surface area contributed by atoms with E-state index in [0.29, 0.717) is 13.0 Å². The van der Waals surface area contributed by atoms with Crippen LogP contribution in [0.3, 0.4) is 0 Å². The largest absolute Gasteiger partial charge is 0.497 e. The van der Waals surface area contributed by atoms with E-state index in [0.717, 1.165) is 28.9 Å². The number of carbonyl (C=O) groups excluding carboxylic acids is 1. The highest BCUT2D eigenvalue weighted by Gasteiger charge is 2.24. The minimum absolute atomic E-state index is 0.0245. The maximum atomic E-state index is 11.9. The number of hydrogen-bond acceptors (Lipinski definition) is 4. The fraction of sp³-hybridized carbons (Fsp3) is 0.562. The maximum absolute atomic E-state index is 11.9. The first-order valence-corrected chi connectivity index (χ1v) is 8.09. The third kappa shape index (κ3) is 5.00. The average molecular weight is 358 g/mol. The van der Waals surface area contributed by atoms with Gasteiger partial charge < -0.3 is 9.47 Å². The van der Waals surface area contributed by atoms with Crippen LogP contribution in [0.25, 0.3) is 0 Å². The van der Waals surface area contributed by atoms with E-state index in [2.05, 4.69) is 34.7 Å². The van der Waals surface area contributed by atoms with Gasteiger partial charge in [-0.15, -0.1) is 0 Å². The summed E-state index contributed by atoms with van der Waals surface area (Å²) in [5.41, 5.74) is 1.05. The molecule has 1 atom stereocenters. The van der Waals surface area contributed by atoms with Gasteiger partial charge in [0.05, 0.1) is 20.1 Å². The molecule has 0 amide bonds. The first-order valence-electron chi connectivity index (χ1n) is 7.30. The molecule has 0 saturated heterocycles. The zero-order valence-corrected chi connectivity index (χ0v) is 14.8. The van der Waals surface area contributed by atoms with E-state index in [1.807, 2.05) is 25.1 Å². The zero-order valence-electron chi connectivity index (χ0n) is 13.2. The van der Waals surface area contributed by atoms with Crippen LogP contribution in [0.4, 0.5) is 0 Å². The highest BCUT2D eigenvalue weighted by atomic mass is 79.9. The topological polar surface area (TPSA) is 38.8 Å². The van der Waals surface area contributed by atoms with Crippen molar-refractivity contribution in [3.05, 3.63) is 28.2 Å². The Hall–Kier alpha value is -1.07. The van der Waals surface area contributed by atoms with Crippen LogP contribution in [0, 0.1) is 0 Å². The Kier molecular flexibility index (Phi) is 7.75. The third-order valence-electron chi connectivity index (χ3n) is 3.48. The van der Waals surface area contributed by atoms with Crippen molar-refractivity contribution in [2.24, 2.45) is 0 Å². The predicted octanol–water partition coefficient (Wildman–Crippen LogP) is 3.79. The standard InChI is InChI=1S/C16H24BrNO3/c1-5-18(6-2)15(11-16(19)21-7-3)13-10-12(20-4)8-9-14(13)17/h8-10,15H,5-7,11H2,1-4H3. The van der Waals surface area contributed by atoms with Crippen molar-refractivity contribution in [1.29, 1.82) is 0 Å². The van der Waals surface area contributed by atoms with Crippen molar-refractivity contribution in [1.82, 2.24) is 4.90 Å². The van der Waals surface area contributed by atoms with Gasteiger partial charge in [0.15, 0.2) is 0 Å². The molecule has 0 aromatic heterocycles. The zero-order chi connectivity index (χ0) is 15.8. The molecule has 21 heavy (non-hydrogen) atoms. The van der Waals surface area contributed by atoms with E-state index in [1.54, 1.807) is 7.11 Å². The number of methoxy groups -OCH3 is 1. The summed E-state index contributed by atoms with van der Waals surface area (Å²) in [6, 6.07) is 5.81. The Morgan fingerprint density at radius 3 is 2.48 bits per heavy atom. The average Bonchev–Trinajstić information content (AvgIpc) is 2.48. The molecular formula is C16H24BrNO3. The van der Waals surface area contributed by atoms with Crippen LogP contribution in [0.1, 0.15) is 38.8 Å². The van der Waals surface area contributed by atoms with Crippen molar-refractivity contribution in [2.75, 3.05) is 26.8 Å². The predicted molar refractivity (Wildman–Crippen MR) is 87.6 cm³/mol. The number of rotatable bonds is 8. The quantitative estimate of drug-likeness (QED) is 0.663. The van der Waals surface area contributed by atoms with E-state index in [1.165, 1.54) is 0 Å². The Morgan fingerprint density at radius 1 is 1.29 bits per heavy atom. The summed E-state index contributed by atoms with van der Waals surface area (Å²) in [4.78, 5) is 14.2. The van der Waals surface area contributed by atoms with Crippen LogP contribution in [0.5, 0.6) is 5.75 Å². The highest BCUT2D eigenvalue weighted by molar-refractivity contribution is 9.10. The lowest BCUT2D eigenvalue weighted by Crippen LogP contribution is -2.31. The maximum Gasteiger partial charge on any atom is 0.307 e. The molecule has 0 aliphatic rings. The number of ether oxygens (including phenoxy) is 2. The van der Waals surface area contributed by atoms with Crippen LogP contribution < -0.4 is 4.74 Å². The number of hydrogen-bond donors (Lipinski definition) is 0. The summed E-state index contributed by atoms with van der Waals surface area (Å²) < 4.78 is 11.4. The van der Waals surface area contributed by atoms with E-state index < -0.39 is 0 Å². The molecule has 1 rings (SSSR count). The Labute approximate surface area is 135 Å². The van der Waals surface area contributed by atoms with E-state index in [4.69, 9.17) is 9.47 Å². The summed E-state index contributed by atoms with van der Waals surface area (Å²) in [7, 11) is 1.64. The van der Waals surface area contributed by atoms with E-state index in [9.17, 15) is 4.79 Å². The Balaban J connectivity index is 3.13. The molecule has 1 unspecified atom stereocenters. The SMILES string of the molecule is CCOC(=O)CC(c1cc(OC)ccc1Br)N(CC)CC. The lowest BCUT2D eigenvalue weighted by molar-refractivity contribution is -0.144. The van der Waals surface area contributed by atoms with Crippen molar-refractivity contribution in [2.45, 2.75) is 33.2 Å². The number of nitrogens with zero attached hydrogens (tertiary/aromatic N) is 1. The van der Waals surface area contributed by atoms with E-state index in [-0.39, 0.29) is 12.0 Å². The molecule has 1 aromatic carbocycles.